The molecule has 0 spiro atoms. The standard InChI is InChI=1S/C16H18FN7O/c17-12-5-11(6-20-14(12)15(18)25)22-16-19-4-3-13(23-16)24-7-9-1-2-10(8-24)21-9/h3-6,9-10,21H,1-2,7-8H2,(H2,18,25)(H,19,22,23). The predicted octanol–water partition coefficient (Wildman–Crippen LogP) is 0.794. The summed E-state index contributed by atoms with van der Waals surface area (Å²) in [6.45, 7) is 1.83. The van der Waals surface area contributed by atoms with Crippen molar-refractivity contribution in [3.63, 3.8) is 0 Å². The van der Waals surface area contributed by atoms with Crippen LogP contribution in [0, 0.1) is 5.82 Å². The number of rotatable bonds is 4. The van der Waals surface area contributed by atoms with Crippen molar-refractivity contribution in [1.82, 2.24) is 20.3 Å². The summed E-state index contributed by atoms with van der Waals surface area (Å²) < 4.78 is 13.8. The molecule has 2 bridgehead atoms. The Bertz CT molecular complexity index is 803. The lowest BCUT2D eigenvalue weighted by molar-refractivity contribution is 0.0991. The summed E-state index contributed by atoms with van der Waals surface area (Å²) in [6.07, 6.45) is 5.36. The SMILES string of the molecule is NC(=O)c1ncc(Nc2nccc(N3CC4CCC(C3)N4)n2)cc1F. The maximum atomic E-state index is 13.8. The molecule has 2 aromatic rings. The second kappa shape index (κ2) is 6.25. The van der Waals surface area contributed by atoms with E-state index in [1.807, 2.05) is 6.07 Å². The first-order chi connectivity index (χ1) is 12.1. The number of amides is 1. The molecule has 0 aromatic carbocycles. The highest BCUT2D eigenvalue weighted by Gasteiger charge is 2.32. The lowest BCUT2D eigenvalue weighted by Gasteiger charge is -2.33. The van der Waals surface area contributed by atoms with E-state index in [2.05, 4.69) is 30.5 Å². The van der Waals surface area contributed by atoms with Gasteiger partial charge in [0.25, 0.3) is 5.91 Å². The first-order valence-corrected chi connectivity index (χ1v) is 8.15. The van der Waals surface area contributed by atoms with Crippen LogP contribution in [0.15, 0.2) is 24.5 Å². The monoisotopic (exact) mass is 343 g/mol. The van der Waals surface area contributed by atoms with Crippen LogP contribution in [0.3, 0.4) is 0 Å². The largest absolute Gasteiger partial charge is 0.364 e. The molecule has 2 atom stereocenters. The van der Waals surface area contributed by atoms with Gasteiger partial charge in [-0.3, -0.25) is 4.79 Å². The van der Waals surface area contributed by atoms with Crippen molar-refractivity contribution >= 4 is 23.4 Å². The Labute approximate surface area is 143 Å². The minimum atomic E-state index is -0.907. The fourth-order valence-electron chi connectivity index (χ4n) is 3.39. The molecule has 2 saturated heterocycles. The maximum absolute atomic E-state index is 13.8. The summed E-state index contributed by atoms with van der Waals surface area (Å²) in [5.74, 6) is -0.516. The van der Waals surface area contributed by atoms with Crippen molar-refractivity contribution in [2.45, 2.75) is 24.9 Å². The van der Waals surface area contributed by atoms with Gasteiger partial charge in [0, 0.05) is 37.4 Å². The van der Waals surface area contributed by atoms with Crippen molar-refractivity contribution in [1.29, 1.82) is 0 Å². The number of primary amides is 1. The van der Waals surface area contributed by atoms with Gasteiger partial charge < -0.3 is 21.3 Å². The molecule has 2 aliphatic rings. The second-order valence-electron chi connectivity index (χ2n) is 6.32. The van der Waals surface area contributed by atoms with Gasteiger partial charge in [0.1, 0.15) is 5.82 Å². The zero-order valence-corrected chi connectivity index (χ0v) is 13.4. The minimum absolute atomic E-state index is 0.344. The van der Waals surface area contributed by atoms with Gasteiger partial charge in [0.2, 0.25) is 5.95 Å². The number of hydrogen-bond acceptors (Lipinski definition) is 7. The van der Waals surface area contributed by atoms with E-state index in [1.165, 1.54) is 19.0 Å². The number of piperazine rings is 1. The Morgan fingerprint density at radius 1 is 1.32 bits per heavy atom. The number of carbonyl (C=O) groups is 1. The van der Waals surface area contributed by atoms with E-state index in [1.54, 1.807) is 6.20 Å². The Balaban J connectivity index is 1.52. The van der Waals surface area contributed by atoms with Gasteiger partial charge in [0.15, 0.2) is 11.5 Å². The number of pyridine rings is 1. The van der Waals surface area contributed by atoms with Gasteiger partial charge in [-0.2, -0.15) is 4.98 Å². The normalized spacial score (nSPS) is 22.0. The summed E-state index contributed by atoms with van der Waals surface area (Å²) >= 11 is 0. The molecule has 0 aliphatic carbocycles. The first kappa shape index (κ1) is 15.7. The molecule has 8 nitrogen and oxygen atoms in total. The number of halogens is 1. The number of aromatic nitrogens is 3. The molecule has 2 aromatic heterocycles. The van der Waals surface area contributed by atoms with Gasteiger partial charge in [-0.1, -0.05) is 0 Å². The van der Waals surface area contributed by atoms with Crippen molar-refractivity contribution < 1.29 is 9.18 Å². The molecule has 9 heteroatoms. The van der Waals surface area contributed by atoms with Crippen LogP contribution >= 0.6 is 0 Å². The van der Waals surface area contributed by atoms with Crippen LogP contribution in [-0.4, -0.2) is 46.0 Å². The lowest BCUT2D eigenvalue weighted by atomic mass is 10.2. The molecule has 25 heavy (non-hydrogen) atoms. The number of hydrogen-bond donors (Lipinski definition) is 3. The highest BCUT2D eigenvalue weighted by atomic mass is 19.1. The Hall–Kier alpha value is -2.81. The molecule has 2 fully saturated rings. The summed E-state index contributed by atoms with van der Waals surface area (Å²) in [7, 11) is 0. The number of nitrogens with one attached hydrogen (secondary N) is 2. The average Bonchev–Trinajstić information content (AvgIpc) is 2.93. The Morgan fingerprint density at radius 2 is 2.08 bits per heavy atom. The van der Waals surface area contributed by atoms with E-state index in [0.717, 1.165) is 25.0 Å². The number of nitrogens with two attached hydrogens (primary N) is 1. The first-order valence-electron chi connectivity index (χ1n) is 8.15. The molecule has 1 amide bonds. The topological polar surface area (TPSA) is 109 Å². The van der Waals surface area contributed by atoms with Gasteiger partial charge in [-0.25, -0.2) is 14.4 Å². The van der Waals surface area contributed by atoms with Gasteiger partial charge in [-0.05, 0) is 18.9 Å². The Kier molecular flexibility index (Phi) is 3.92. The molecule has 4 N–H and O–H groups in total. The van der Waals surface area contributed by atoms with Crippen LogP contribution in [0.5, 0.6) is 0 Å². The van der Waals surface area contributed by atoms with Crippen LogP contribution in [0.4, 0.5) is 21.8 Å². The highest BCUT2D eigenvalue weighted by Crippen LogP contribution is 2.24. The number of carbonyl (C=O) groups excluding carboxylic acids is 1. The summed E-state index contributed by atoms with van der Waals surface area (Å²) in [6, 6.07) is 4.02. The fraction of sp³-hybridized carbons (Fsp3) is 0.375. The van der Waals surface area contributed by atoms with E-state index < -0.39 is 17.4 Å². The smallest absolute Gasteiger partial charge is 0.270 e. The number of fused-ring (bicyclic) bond motifs is 2. The molecule has 2 aliphatic heterocycles. The zero-order valence-electron chi connectivity index (χ0n) is 13.4. The molecule has 0 saturated carbocycles. The predicted molar refractivity (Wildman–Crippen MR) is 90.2 cm³/mol. The van der Waals surface area contributed by atoms with E-state index in [0.29, 0.717) is 23.7 Å². The number of anilines is 3. The van der Waals surface area contributed by atoms with Crippen molar-refractivity contribution in [3.05, 3.63) is 36.0 Å². The van der Waals surface area contributed by atoms with Crippen LogP contribution in [-0.2, 0) is 0 Å². The van der Waals surface area contributed by atoms with E-state index >= 15 is 0 Å². The molecule has 130 valence electrons. The van der Waals surface area contributed by atoms with E-state index in [9.17, 15) is 9.18 Å². The van der Waals surface area contributed by atoms with Crippen LogP contribution in [0.1, 0.15) is 23.3 Å². The molecule has 4 heterocycles. The minimum Gasteiger partial charge on any atom is -0.364 e. The molecule has 2 unspecified atom stereocenters. The third-order valence-corrected chi connectivity index (χ3v) is 4.51. The number of nitrogens with zero attached hydrogens (tertiary/aromatic N) is 4. The molecular weight excluding hydrogens is 325 g/mol. The summed E-state index contributed by atoms with van der Waals surface area (Å²) in [4.78, 5) is 25.7. The van der Waals surface area contributed by atoms with Crippen molar-refractivity contribution in [2.24, 2.45) is 5.73 Å². The van der Waals surface area contributed by atoms with Crippen LogP contribution < -0.4 is 21.3 Å². The van der Waals surface area contributed by atoms with Crippen LogP contribution in [0.2, 0.25) is 0 Å². The Morgan fingerprint density at radius 3 is 2.76 bits per heavy atom. The van der Waals surface area contributed by atoms with Crippen molar-refractivity contribution in [3.8, 4) is 0 Å². The lowest BCUT2D eigenvalue weighted by Crippen LogP contribution is -2.51. The average molecular weight is 343 g/mol. The maximum Gasteiger partial charge on any atom is 0.270 e. The zero-order chi connectivity index (χ0) is 17.4. The van der Waals surface area contributed by atoms with E-state index in [-0.39, 0.29) is 0 Å². The summed E-state index contributed by atoms with van der Waals surface area (Å²) in [5.41, 5.74) is 5.01. The second-order valence-corrected chi connectivity index (χ2v) is 6.32. The van der Waals surface area contributed by atoms with Crippen LogP contribution in [0.25, 0.3) is 0 Å². The highest BCUT2D eigenvalue weighted by molar-refractivity contribution is 5.91. The van der Waals surface area contributed by atoms with Gasteiger partial charge in [0.05, 0.1) is 11.9 Å². The molecule has 0 radical (unpaired) electrons. The van der Waals surface area contributed by atoms with Gasteiger partial charge in [-0.15, -0.1) is 0 Å². The van der Waals surface area contributed by atoms with Gasteiger partial charge >= 0.3 is 0 Å². The molecule has 4 rings (SSSR count). The third kappa shape index (κ3) is 3.22. The quantitative estimate of drug-likeness (QED) is 0.753. The molecular formula is C16H18FN7O. The van der Waals surface area contributed by atoms with Crippen molar-refractivity contribution in [2.75, 3.05) is 23.3 Å². The van der Waals surface area contributed by atoms with E-state index in [4.69, 9.17) is 5.73 Å². The third-order valence-electron chi connectivity index (χ3n) is 4.51. The fourth-order valence-corrected chi connectivity index (χ4v) is 3.39. The summed E-state index contributed by atoms with van der Waals surface area (Å²) in [5, 5.41) is 6.49.